The first kappa shape index (κ1) is 10.2. The summed E-state index contributed by atoms with van der Waals surface area (Å²) in [6.07, 6.45) is 5.65. The highest BCUT2D eigenvalue weighted by molar-refractivity contribution is 4.92. The third-order valence-corrected chi connectivity index (χ3v) is 2.54. The Hall–Kier alpha value is -1.36. The molecule has 0 N–H and O–H groups in total. The van der Waals surface area contributed by atoms with Crippen LogP contribution in [0.4, 0.5) is 0 Å². The van der Waals surface area contributed by atoms with E-state index >= 15 is 0 Å². The van der Waals surface area contributed by atoms with Gasteiger partial charge in [-0.1, -0.05) is 17.3 Å². The van der Waals surface area contributed by atoms with Crippen molar-refractivity contribution in [1.29, 1.82) is 0 Å². The minimum atomic E-state index is -0.384. The van der Waals surface area contributed by atoms with E-state index < -0.39 is 0 Å². The molecule has 0 radical (unpaired) electrons. The predicted molar refractivity (Wildman–Crippen MR) is 53.5 cm³/mol. The van der Waals surface area contributed by atoms with Gasteiger partial charge < -0.3 is 4.74 Å². The molecular weight excluding hydrogens is 196 g/mol. The van der Waals surface area contributed by atoms with Crippen molar-refractivity contribution in [2.24, 2.45) is 0 Å². The molecular formula is C10H14N2O3. The van der Waals surface area contributed by atoms with Gasteiger partial charge in [-0.2, -0.15) is 0 Å². The number of hydrogen-bond acceptors (Lipinski definition) is 4. The van der Waals surface area contributed by atoms with Crippen LogP contribution < -0.4 is 5.76 Å². The van der Waals surface area contributed by atoms with Crippen LogP contribution in [-0.4, -0.2) is 16.3 Å². The van der Waals surface area contributed by atoms with Crippen molar-refractivity contribution in [1.82, 2.24) is 9.72 Å². The van der Waals surface area contributed by atoms with E-state index in [4.69, 9.17) is 4.74 Å². The second-order valence-electron chi connectivity index (χ2n) is 3.53. The number of fused-ring (bicyclic) bond motifs is 1. The van der Waals surface area contributed by atoms with Gasteiger partial charge in [0.05, 0.1) is 0 Å². The predicted octanol–water partition coefficient (Wildman–Crippen LogP) is 1.26. The van der Waals surface area contributed by atoms with Crippen molar-refractivity contribution in [3.63, 3.8) is 0 Å². The molecule has 0 spiro atoms. The fraction of sp³-hybridized carbons (Fsp3) is 0.600. The number of nitrogens with zero attached hydrogens (tertiary/aromatic N) is 2. The van der Waals surface area contributed by atoms with E-state index in [9.17, 15) is 4.79 Å². The standard InChI is InChI=1S/C10H14N2O3/c1-2-3-4-8-5-6-14-7-9-11-15-10(13)12(8)9/h2-3,8H,4-7H2,1H3. The van der Waals surface area contributed by atoms with E-state index in [2.05, 4.69) is 9.68 Å². The Kier molecular flexibility index (Phi) is 3.01. The Labute approximate surface area is 87.3 Å². The molecule has 0 aromatic carbocycles. The topological polar surface area (TPSA) is 57.3 Å². The zero-order valence-electron chi connectivity index (χ0n) is 8.68. The highest BCUT2D eigenvalue weighted by Crippen LogP contribution is 2.20. The molecule has 2 heterocycles. The van der Waals surface area contributed by atoms with Gasteiger partial charge in [0, 0.05) is 12.6 Å². The average Bonchev–Trinajstić information content (AvgIpc) is 2.50. The maximum Gasteiger partial charge on any atom is 0.441 e. The third-order valence-electron chi connectivity index (χ3n) is 2.54. The zero-order valence-corrected chi connectivity index (χ0v) is 8.68. The van der Waals surface area contributed by atoms with Crippen LogP contribution in [-0.2, 0) is 11.3 Å². The third kappa shape index (κ3) is 2.02. The van der Waals surface area contributed by atoms with Gasteiger partial charge >= 0.3 is 5.76 Å². The Morgan fingerprint density at radius 2 is 2.53 bits per heavy atom. The summed E-state index contributed by atoms with van der Waals surface area (Å²) in [5.41, 5.74) is 0. The summed E-state index contributed by atoms with van der Waals surface area (Å²) >= 11 is 0. The normalized spacial score (nSPS) is 21.5. The smallest absolute Gasteiger partial charge is 0.373 e. The summed E-state index contributed by atoms with van der Waals surface area (Å²) < 4.78 is 11.6. The maximum absolute atomic E-state index is 11.4. The quantitative estimate of drug-likeness (QED) is 0.689. The number of aromatic nitrogens is 2. The molecule has 2 rings (SSSR count). The van der Waals surface area contributed by atoms with Crippen LogP contribution in [0.5, 0.6) is 0 Å². The lowest BCUT2D eigenvalue weighted by Crippen LogP contribution is -2.21. The molecule has 0 amide bonds. The molecule has 82 valence electrons. The molecule has 1 aliphatic heterocycles. The van der Waals surface area contributed by atoms with E-state index in [1.165, 1.54) is 0 Å². The van der Waals surface area contributed by atoms with E-state index in [-0.39, 0.29) is 11.8 Å². The number of hydrogen-bond donors (Lipinski definition) is 0. The minimum Gasteiger partial charge on any atom is -0.373 e. The lowest BCUT2D eigenvalue weighted by atomic mass is 10.1. The highest BCUT2D eigenvalue weighted by atomic mass is 16.5. The van der Waals surface area contributed by atoms with Gasteiger partial charge in [-0.05, 0) is 19.8 Å². The summed E-state index contributed by atoms with van der Waals surface area (Å²) in [6, 6.07) is 0.109. The monoisotopic (exact) mass is 210 g/mol. The van der Waals surface area contributed by atoms with Gasteiger partial charge in [-0.25, -0.2) is 4.79 Å². The molecule has 5 nitrogen and oxygen atoms in total. The highest BCUT2D eigenvalue weighted by Gasteiger charge is 2.22. The molecule has 1 aromatic heterocycles. The molecule has 5 heteroatoms. The largest absolute Gasteiger partial charge is 0.441 e. The van der Waals surface area contributed by atoms with Crippen LogP contribution in [0.3, 0.4) is 0 Å². The molecule has 0 bridgehead atoms. The molecule has 1 unspecified atom stereocenters. The minimum absolute atomic E-state index is 0.109. The Balaban J connectivity index is 2.31. The number of allylic oxidation sites excluding steroid dienone is 2. The lowest BCUT2D eigenvalue weighted by Gasteiger charge is -2.12. The SMILES string of the molecule is CC=CCC1CCOCc2noc(=O)n21. The molecule has 1 aliphatic rings. The van der Waals surface area contributed by atoms with Crippen LogP contribution >= 0.6 is 0 Å². The summed E-state index contributed by atoms with van der Waals surface area (Å²) in [4.78, 5) is 11.4. The van der Waals surface area contributed by atoms with Crippen molar-refractivity contribution in [2.45, 2.75) is 32.4 Å². The van der Waals surface area contributed by atoms with Crippen molar-refractivity contribution < 1.29 is 9.26 Å². The van der Waals surface area contributed by atoms with E-state index in [1.54, 1.807) is 4.57 Å². The first-order valence-electron chi connectivity index (χ1n) is 5.09. The zero-order chi connectivity index (χ0) is 10.7. The Morgan fingerprint density at radius 1 is 1.67 bits per heavy atom. The molecule has 15 heavy (non-hydrogen) atoms. The van der Waals surface area contributed by atoms with Gasteiger partial charge in [-0.3, -0.25) is 9.09 Å². The second kappa shape index (κ2) is 4.44. The van der Waals surface area contributed by atoms with Crippen molar-refractivity contribution in [2.75, 3.05) is 6.61 Å². The van der Waals surface area contributed by atoms with Gasteiger partial charge in [0.25, 0.3) is 0 Å². The van der Waals surface area contributed by atoms with E-state index in [0.29, 0.717) is 19.0 Å². The Morgan fingerprint density at radius 3 is 3.33 bits per heavy atom. The molecule has 0 aliphatic carbocycles. The molecule has 0 saturated carbocycles. The Bertz CT molecular complexity index is 405. The fourth-order valence-corrected chi connectivity index (χ4v) is 1.77. The van der Waals surface area contributed by atoms with Gasteiger partial charge in [0.1, 0.15) is 6.61 Å². The van der Waals surface area contributed by atoms with Crippen molar-refractivity contribution in [3.8, 4) is 0 Å². The van der Waals surface area contributed by atoms with Crippen LogP contribution in [0.1, 0.15) is 31.6 Å². The summed E-state index contributed by atoms with van der Waals surface area (Å²) in [7, 11) is 0. The maximum atomic E-state index is 11.4. The van der Waals surface area contributed by atoms with Crippen LogP contribution in [0, 0.1) is 0 Å². The summed E-state index contributed by atoms with van der Waals surface area (Å²) in [5.74, 6) is 0.206. The van der Waals surface area contributed by atoms with Crippen molar-refractivity contribution >= 4 is 0 Å². The summed E-state index contributed by atoms with van der Waals surface area (Å²) in [5, 5.41) is 3.70. The first-order valence-corrected chi connectivity index (χ1v) is 5.09. The van der Waals surface area contributed by atoms with Crippen LogP contribution in [0.25, 0.3) is 0 Å². The van der Waals surface area contributed by atoms with E-state index in [1.807, 2.05) is 19.1 Å². The molecule has 0 fully saturated rings. The molecule has 0 saturated heterocycles. The lowest BCUT2D eigenvalue weighted by molar-refractivity contribution is 0.116. The number of ether oxygens (including phenoxy) is 1. The van der Waals surface area contributed by atoms with Crippen LogP contribution in [0.15, 0.2) is 21.5 Å². The first-order chi connectivity index (χ1) is 7.33. The van der Waals surface area contributed by atoms with Gasteiger partial charge in [0.2, 0.25) is 0 Å². The van der Waals surface area contributed by atoms with Gasteiger partial charge in [-0.15, -0.1) is 0 Å². The summed E-state index contributed by atoms with van der Waals surface area (Å²) in [6.45, 7) is 2.98. The van der Waals surface area contributed by atoms with Crippen LogP contribution in [0.2, 0.25) is 0 Å². The molecule has 1 aromatic rings. The second-order valence-corrected chi connectivity index (χ2v) is 3.53. The molecule has 1 atom stereocenters. The fourth-order valence-electron chi connectivity index (χ4n) is 1.77. The van der Waals surface area contributed by atoms with E-state index in [0.717, 1.165) is 12.8 Å². The van der Waals surface area contributed by atoms with Gasteiger partial charge in [0.15, 0.2) is 5.82 Å². The number of rotatable bonds is 2. The average molecular weight is 210 g/mol. The van der Waals surface area contributed by atoms with Crippen molar-refractivity contribution in [3.05, 3.63) is 28.5 Å².